The van der Waals surface area contributed by atoms with Gasteiger partial charge in [-0.05, 0) is 12.1 Å². The number of hydrogen-bond acceptors (Lipinski definition) is 3. The van der Waals surface area contributed by atoms with Crippen molar-refractivity contribution in [1.82, 2.24) is 4.98 Å². The molecule has 0 aliphatic rings. The zero-order valence-electron chi connectivity index (χ0n) is 8.27. The smallest absolute Gasteiger partial charge is 0.0811 e. The molecule has 0 saturated heterocycles. The van der Waals surface area contributed by atoms with Crippen molar-refractivity contribution in [2.24, 2.45) is 0 Å². The van der Waals surface area contributed by atoms with Crippen LogP contribution in [0.25, 0.3) is 11.3 Å². The van der Waals surface area contributed by atoms with E-state index in [2.05, 4.69) is 39.5 Å². The summed E-state index contributed by atoms with van der Waals surface area (Å²) in [6.07, 6.45) is 0. The Kier molecular flexibility index (Phi) is 2.50. The summed E-state index contributed by atoms with van der Waals surface area (Å²) in [5.74, 6) is 0. The first-order chi connectivity index (χ1) is 6.77. The van der Waals surface area contributed by atoms with Gasteiger partial charge in [-0.2, -0.15) is 0 Å². The molecule has 0 saturated carbocycles. The zero-order chi connectivity index (χ0) is 9.97. The second kappa shape index (κ2) is 3.80. The number of rotatable bonds is 2. The molecule has 2 nitrogen and oxygen atoms in total. The molecule has 0 aliphatic heterocycles. The van der Waals surface area contributed by atoms with Crippen molar-refractivity contribution in [2.75, 3.05) is 19.0 Å². The summed E-state index contributed by atoms with van der Waals surface area (Å²) in [5, 5.41) is 2.06. The van der Waals surface area contributed by atoms with Crippen LogP contribution in [0.15, 0.2) is 35.2 Å². The number of thiazole rings is 1. The van der Waals surface area contributed by atoms with E-state index in [9.17, 15) is 0 Å². The van der Waals surface area contributed by atoms with Gasteiger partial charge in [-0.25, -0.2) is 4.98 Å². The van der Waals surface area contributed by atoms with Crippen LogP contribution in [0.4, 0.5) is 5.69 Å². The Morgan fingerprint density at radius 2 is 2.14 bits per heavy atom. The lowest BCUT2D eigenvalue weighted by atomic mass is 10.1. The molecule has 2 rings (SSSR count). The predicted octanol–water partition coefficient (Wildman–Crippen LogP) is 2.88. The van der Waals surface area contributed by atoms with Crippen molar-refractivity contribution in [3.8, 4) is 11.3 Å². The molecule has 3 heteroatoms. The lowest BCUT2D eigenvalue weighted by Gasteiger charge is -2.12. The molecule has 0 bridgehead atoms. The first-order valence-electron chi connectivity index (χ1n) is 4.43. The summed E-state index contributed by atoms with van der Waals surface area (Å²) in [4.78, 5) is 6.38. The summed E-state index contributed by atoms with van der Waals surface area (Å²) in [6, 6.07) is 8.39. The third kappa shape index (κ3) is 1.77. The molecule has 0 spiro atoms. The molecular formula is C11H12N2S. The van der Waals surface area contributed by atoms with E-state index in [-0.39, 0.29) is 0 Å². The fourth-order valence-corrected chi connectivity index (χ4v) is 1.86. The Bertz CT molecular complexity index is 407. The monoisotopic (exact) mass is 204 g/mol. The fourth-order valence-electron chi connectivity index (χ4n) is 1.30. The molecule has 0 fully saturated rings. The van der Waals surface area contributed by atoms with Gasteiger partial charge in [-0.15, -0.1) is 11.3 Å². The Morgan fingerprint density at radius 3 is 2.79 bits per heavy atom. The van der Waals surface area contributed by atoms with Gasteiger partial charge in [0, 0.05) is 30.7 Å². The first-order valence-corrected chi connectivity index (χ1v) is 5.37. The van der Waals surface area contributed by atoms with Crippen LogP contribution < -0.4 is 4.90 Å². The van der Waals surface area contributed by atoms with E-state index in [0.717, 1.165) is 5.69 Å². The maximum absolute atomic E-state index is 4.29. The van der Waals surface area contributed by atoms with E-state index in [1.54, 1.807) is 11.3 Å². The Labute approximate surface area is 87.8 Å². The molecule has 1 heterocycles. The highest BCUT2D eigenvalue weighted by molar-refractivity contribution is 7.07. The number of benzene rings is 1. The van der Waals surface area contributed by atoms with E-state index in [1.165, 1.54) is 11.3 Å². The van der Waals surface area contributed by atoms with Crippen molar-refractivity contribution < 1.29 is 0 Å². The molecule has 0 aliphatic carbocycles. The predicted molar refractivity (Wildman–Crippen MR) is 61.9 cm³/mol. The van der Waals surface area contributed by atoms with Gasteiger partial charge in [-0.3, -0.25) is 0 Å². The zero-order valence-corrected chi connectivity index (χ0v) is 9.08. The molecule has 0 amide bonds. The minimum atomic E-state index is 1.05. The van der Waals surface area contributed by atoms with Crippen LogP contribution in [-0.4, -0.2) is 19.1 Å². The van der Waals surface area contributed by atoms with Gasteiger partial charge in [0.1, 0.15) is 0 Å². The second-order valence-electron chi connectivity index (χ2n) is 3.32. The molecule has 0 unspecified atom stereocenters. The summed E-state index contributed by atoms with van der Waals surface area (Å²) >= 11 is 1.62. The molecule has 0 radical (unpaired) electrons. The van der Waals surface area contributed by atoms with Crippen LogP contribution in [0.5, 0.6) is 0 Å². The average molecular weight is 204 g/mol. The second-order valence-corrected chi connectivity index (χ2v) is 4.04. The molecule has 0 atom stereocenters. The average Bonchev–Trinajstić information content (AvgIpc) is 2.71. The molecule has 14 heavy (non-hydrogen) atoms. The van der Waals surface area contributed by atoms with Gasteiger partial charge >= 0.3 is 0 Å². The van der Waals surface area contributed by atoms with Crippen LogP contribution in [-0.2, 0) is 0 Å². The van der Waals surface area contributed by atoms with Crippen molar-refractivity contribution in [3.05, 3.63) is 35.2 Å². The van der Waals surface area contributed by atoms with Crippen LogP contribution in [0, 0.1) is 0 Å². The molecule has 0 N–H and O–H groups in total. The van der Waals surface area contributed by atoms with Crippen molar-refractivity contribution >= 4 is 17.0 Å². The Balaban J connectivity index is 2.41. The van der Waals surface area contributed by atoms with E-state index in [0.29, 0.717) is 0 Å². The van der Waals surface area contributed by atoms with Crippen molar-refractivity contribution in [3.63, 3.8) is 0 Å². The molecule has 1 aromatic heterocycles. The van der Waals surface area contributed by atoms with Crippen molar-refractivity contribution in [1.29, 1.82) is 0 Å². The van der Waals surface area contributed by atoms with Crippen LogP contribution in [0.1, 0.15) is 0 Å². The molecule has 2 aromatic rings. The highest BCUT2D eigenvalue weighted by Gasteiger charge is 2.01. The quantitative estimate of drug-likeness (QED) is 0.747. The van der Waals surface area contributed by atoms with Gasteiger partial charge < -0.3 is 4.90 Å². The highest BCUT2D eigenvalue weighted by Crippen LogP contribution is 2.23. The van der Waals surface area contributed by atoms with Gasteiger partial charge in [0.2, 0.25) is 0 Å². The highest BCUT2D eigenvalue weighted by atomic mass is 32.1. The van der Waals surface area contributed by atoms with Crippen LogP contribution >= 0.6 is 11.3 Å². The lowest BCUT2D eigenvalue weighted by Crippen LogP contribution is -2.08. The van der Waals surface area contributed by atoms with Gasteiger partial charge in [0.25, 0.3) is 0 Å². The van der Waals surface area contributed by atoms with Gasteiger partial charge in [0.05, 0.1) is 11.2 Å². The normalized spacial score (nSPS) is 10.1. The van der Waals surface area contributed by atoms with Crippen molar-refractivity contribution in [2.45, 2.75) is 0 Å². The minimum Gasteiger partial charge on any atom is -0.378 e. The van der Waals surface area contributed by atoms with E-state index in [1.807, 2.05) is 19.6 Å². The largest absolute Gasteiger partial charge is 0.378 e. The molecule has 72 valence electrons. The van der Waals surface area contributed by atoms with E-state index < -0.39 is 0 Å². The Hall–Kier alpha value is -1.35. The summed E-state index contributed by atoms with van der Waals surface area (Å²) in [6.45, 7) is 0. The third-order valence-corrected chi connectivity index (χ3v) is 2.68. The maximum Gasteiger partial charge on any atom is 0.0811 e. The Morgan fingerprint density at radius 1 is 1.29 bits per heavy atom. The molecular weight excluding hydrogens is 192 g/mol. The van der Waals surface area contributed by atoms with E-state index >= 15 is 0 Å². The number of anilines is 1. The van der Waals surface area contributed by atoms with E-state index in [4.69, 9.17) is 0 Å². The van der Waals surface area contributed by atoms with Gasteiger partial charge in [0.15, 0.2) is 0 Å². The standard InChI is InChI=1S/C11H12N2S/c1-13(2)10-5-3-4-9(6-10)11-7-14-8-12-11/h3-8H,1-2H3. The summed E-state index contributed by atoms with van der Waals surface area (Å²) in [7, 11) is 4.08. The number of nitrogens with zero attached hydrogens (tertiary/aromatic N) is 2. The SMILES string of the molecule is CN(C)c1cccc(-c2cscn2)c1. The van der Waals surface area contributed by atoms with Crippen LogP contribution in [0.3, 0.4) is 0 Å². The summed E-state index contributed by atoms with van der Waals surface area (Å²) < 4.78 is 0. The number of hydrogen-bond donors (Lipinski definition) is 0. The third-order valence-electron chi connectivity index (χ3n) is 2.09. The first kappa shape index (κ1) is 9.21. The maximum atomic E-state index is 4.29. The van der Waals surface area contributed by atoms with Gasteiger partial charge in [-0.1, -0.05) is 12.1 Å². The lowest BCUT2D eigenvalue weighted by molar-refractivity contribution is 1.13. The molecule has 1 aromatic carbocycles. The van der Waals surface area contributed by atoms with Crippen LogP contribution in [0.2, 0.25) is 0 Å². The number of aromatic nitrogens is 1. The summed E-state index contributed by atoms with van der Waals surface area (Å²) in [5.41, 5.74) is 5.30. The fraction of sp³-hybridized carbons (Fsp3) is 0.182. The topological polar surface area (TPSA) is 16.1 Å². The minimum absolute atomic E-state index is 1.05.